The minimum Gasteiger partial charge on any atom is -0.348 e. The van der Waals surface area contributed by atoms with E-state index >= 15 is 0 Å². The first-order chi connectivity index (χ1) is 8.51. The van der Waals surface area contributed by atoms with Crippen LogP contribution in [0.5, 0.6) is 0 Å². The van der Waals surface area contributed by atoms with Crippen molar-refractivity contribution >= 4 is 5.91 Å². The summed E-state index contributed by atoms with van der Waals surface area (Å²) < 4.78 is 1.73. The van der Waals surface area contributed by atoms with Gasteiger partial charge in [-0.1, -0.05) is 19.3 Å². The minimum absolute atomic E-state index is 0.0291. The van der Waals surface area contributed by atoms with E-state index in [0.717, 1.165) is 31.2 Å². The summed E-state index contributed by atoms with van der Waals surface area (Å²) in [6.45, 7) is 1.96. The van der Waals surface area contributed by atoms with E-state index in [4.69, 9.17) is 5.73 Å². The molecule has 0 bridgehead atoms. The number of carbonyl (C=O) groups is 1. The van der Waals surface area contributed by atoms with Crippen molar-refractivity contribution in [1.29, 1.82) is 0 Å². The van der Waals surface area contributed by atoms with Crippen molar-refractivity contribution in [3.05, 3.63) is 18.0 Å². The zero-order chi connectivity index (χ0) is 13.2. The normalized spacial score (nSPS) is 20.4. The molecule has 1 heterocycles. The summed E-state index contributed by atoms with van der Waals surface area (Å²) in [6, 6.07) is -0.0476. The van der Waals surface area contributed by atoms with Crippen LogP contribution in [0.1, 0.15) is 50.6 Å². The molecule has 1 amide bonds. The van der Waals surface area contributed by atoms with Gasteiger partial charge in [0.05, 0.1) is 17.8 Å². The Morgan fingerprint density at radius 2 is 2.17 bits per heavy atom. The Kier molecular flexibility index (Phi) is 3.71. The maximum atomic E-state index is 12.2. The van der Waals surface area contributed by atoms with Crippen molar-refractivity contribution in [1.82, 2.24) is 15.1 Å². The van der Waals surface area contributed by atoms with Gasteiger partial charge in [-0.2, -0.15) is 5.10 Å². The van der Waals surface area contributed by atoms with Crippen LogP contribution >= 0.6 is 0 Å². The summed E-state index contributed by atoms with van der Waals surface area (Å²) in [4.78, 5) is 12.2. The van der Waals surface area contributed by atoms with Crippen LogP contribution in [0, 0.1) is 0 Å². The number of nitrogens with zero attached hydrogens (tertiary/aromatic N) is 2. The van der Waals surface area contributed by atoms with Crippen LogP contribution in [-0.2, 0) is 11.8 Å². The fourth-order valence-electron chi connectivity index (χ4n) is 2.50. The van der Waals surface area contributed by atoms with Gasteiger partial charge in [0.1, 0.15) is 0 Å². The first-order valence-electron chi connectivity index (χ1n) is 6.60. The van der Waals surface area contributed by atoms with Gasteiger partial charge < -0.3 is 11.1 Å². The number of rotatable bonds is 3. The van der Waals surface area contributed by atoms with Crippen molar-refractivity contribution in [2.45, 2.75) is 50.6 Å². The molecule has 0 spiro atoms. The largest absolute Gasteiger partial charge is 0.348 e. The third-order valence-electron chi connectivity index (χ3n) is 3.77. The average molecular weight is 250 g/mol. The van der Waals surface area contributed by atoms with E-state index in [1.165, 1.54) is 6.42 Å². The highest BCUT2D eigenvalue weighted by molar-refractivity contribution is 5.86. The number of nitrogens with two attached hydrogens (primary N) is 1. The lowest BCUT2D eigenvalue weighted by atomic mass is 9.81. The number of amides is 1. The molecule has 1 aliphatic carbocycles. The predicted molar refractivity (Wildman–Crippen MR) is 69.8 cm³/mol. The number of aromatic nitrogens is 2. The number of hydrogen-bond donors (Lipinski definition) is 2. The highest BCUT2D eigenvalue weighted by Gasteiger charge is 2.35. The molecule has 2 rings (SSSR count). The predicted octanol–water partition coefficient (Wildman–Crippen LogP) is 1.26. The number of carbonyl (C=O) groups excluding carboxylic acids is 1. The first-order valence-corrected chi connectivity index (χ1v) is 6.60. The van der Waals surface area contributed by atoms with Crippen molar-refractivity contribution in [3.8, 4) is 0 Å². The maximum Gasteiger partial charge on any atom is 0.240 e. The van der Waals surface area contributed by atoms with E-state index in [2.05, 4.69) is 10.4 Å². The summed E-state index contributed by atoms with van der Waals surface area (Å²) in [6.07, 6.45) is 8.54. The Balaban J connectivity index is 1.98. The Morgan fingerprint density at radius 3 is 2.72 bits per heavy atom. The smallest absolute Gasteiger partial charge is 0.240 e. The molecule has 5 heteroatoms. The summed E-state index contributed by atoms with van der Waals surface area (Å²) in [7, 11) is 1.86. The molecule has 1 aromatic heterocycles. The van der Waals surface area contributed by atoms with E-state index < -0.39 is 5.54 Å². The van der Waals surface area contributed by atoms with Gasteiger partial charge in [-0.15, -0.1) is 0 Å². The van der Waals surface area contributed by atoms with Gasteiger partial charge in [0, 0.05) is 18.8 Å². The van der Waals surface area contributed by atoms with Crippen LogP contribution in [0.25, 0.3) is 0 Å². The number of hydrogen-bond acceptors (Lipinski definition) is 3. The zero-order valence-electron chi connectivity index (χ0n) is 11.1. The molecule has 1 atom stereocenters. The van der Waals surface area contributed by atoms with Gasteiger partial charge in [-0.25, -0.2) is 0 Å². The molecule has 0 saturated heterocycles. The molecule has 0 aliphatic heterocycles. The first kappa shape index (κ1) is 13.1. The van der Waals surface area contributed by atoms with Gasteiger partial charge in [0.2, 0.25) is 5.91 Å². The molecule has 1 fully saturated rings. The molecule has 100 valence electrons. The van der Waals surface area contributed by atoms with Gasteiger partial charge in [0.15, 0.2) is 0 Å². The van der Waals surface area contributed by atoms with Crippen LogP contribution < -0.4 is 11.1 Å². The van der Waals surface area contributed by atoms with Gasteiger partial charge in [-0.05, 0) is 19.8 Å². The fourth-order valence-corrected chi connectivity index (χ4v) is 2.50. The molecule has 1 aliphatic rings. The van der Waals surface area contributed by atoms with E-state index in [1.54, 1.807) is 10.9 Å². The Bertz CT molecular complexity index is 420. The third kappa shape index (κ3) is 2.72. The average Bonchev–Trinajstić information content (AvgIpc) is 2.77. The Labute approximate surface area is 108 Å². The number of nitrogens with one attached hydrogen (secondary N) is 1. The summed E-state index contributed by atoms with van der Waals surface area (Å²) >= 11 is 0. The lowest BCUT2D eigenvalue weighted by Gasteiger charge is -2.32. The van der Waals surface area contributed by atoms with Crippen molar-refractivity contribution < 1.29 is 4.79 Å². The molecular formula is C13H22N4O. The maximum absolute atomic E-state index is 12.2. The van der Waals surface area contributed by atoms with Crippen LogP contribution in [-0.4, -0.2) is 21.2 Å². The fraction of sp³-hybridized carbons (Fsp3) is 0.692. The molecule has 3 N–H and O–H groups in total. The van der Waals surface area contributed by atoms with E-state index in [0.29, 0.717) is 0 Å². The SMILES string of the molecule is CC(NC(=O)C1(N)CCCCC1)c1cnn(C)c1. The molecule has 0 radical (unpaired) electrons. The second-order valence-corrected chi connectivity index (χ2v) is 5.36. The summed E-state index contributed by atoms with van der Waals surface area (Å²) in [5.41, 5.74) is 6.53. The zero-order valence-corrected chi connectivity index (χ0v) is 11.1. The van der Waals surface area contributed by atoms with Gasteiger partial charge >= 0.3 is 0 Å². The highest BCUT2D eigenvalue weighted by atomic mass is 16.2. The monoisotopic (exact) mass is 250 g/mol. The third-order valence-corrected chi connectivity index (χ3v) is 3.77. The number of aryl methyl sites for hydroxylation is 1. The molecule has 1 unspecified atom stereocenters. The van der Waals surface area contributed by atoms with Gasteiger partial charge in [-0.3, -0.25) is 9.48 Å². The quantitative estimate of drug-likeness (QED) is 0.848. The van der Waals surface area contributed by atoms with Crippen LogP contribution in [0.3, 0.4) is 0 Å². The van der Waals surface area contributed by atoms with Crippen LogP contribution in [0.4, 0.5) is 0 Å². The lowest BCUT2D eigenvalue weighted by Crippen LogP contribution is -2.55. The highest BCUT2D eigenvalue weighted by Crippen LogP contribution is 2.26. The summed E-state index contributed by atoms with van der Waals surface area (Å²) in [5, 5.41) is 7.11. The standard InChI is InChI=1S/C13H22N4O/c1-10(11-8-15-17(2)9-11)16-12(18)13(14)6-4-3-5-7-13/h8-10H,3-7,14H2,1-2H3,(H,16,18). The van der Waals surface area contributed by atoms with E-state index in [1.807, 2.05) is 20.2 Å². The van der Waals surface area contributed by atoms with Crippen LogP contribution in [0.2, 0.25) is 0 Å². The van der Waals surface area contributed by atoms with Crippen LogP contribution in [0.15, 0.2) is 12.4 Å². The van der Waals surface area contributed by atoms with E-state index in [9.17, 15) is 4.79 Å². The Hall–Kier alpha value is -1.36. The second-order valence-electron chi connectivity index (χ2n) is 5.36. The Morgan fingerprint density at radius 1 is 1.50 bits per heavy atom. The van der Waals surface area contributed by atoms with Crippen molar-refractivity contribution in [2.75, 3.05) is 0 Å². The topological polar surface area (TPSA) is 72.9 Å². The lowest BCUT2D eigenvalue weighted by molar-refractivity contribution is -0.128. The molecular weight excluding hydrogens is 228 g/mol. The molecule has 0 aromatic carbocycles. The molecule has 18 heavy (non-hydrogen) atoms. The molecule has 1 saturated carbocycles. The van der Waals surface area contributed by atoms with Crippen molar-refractivity contribution in [3.63, 3.8) is 0 Å². The molecule has 5 nitrogen and oxygen atoms in total. The van der Waals surface area contributed by atoms with Crippen molar-refractivity contribution in [2.24, 2.45) is 12.8 Å². The van der Waals surface area contributed by atoms with E-state index in [-0.39, 0.29) is 11.9 Å². The second kappa shape index (κ2) is 5.10. The summed E-state index contributed by atoms with van der Waals surface area (Å²) in [5.74, 6) is -0.0291. The minimum atomic E-state index is -0.672. The van der Waals surface area contributed by atoms with Gasteiger partial charge in [0.25, 0.3) is 0 Å². The molecule has 1 aromatic rings.